The topological polar surface area (TPSA) is 140 Å². The van der Waals surface area contributed by atoms with Crippen molar-refractivity contribution in [1.29, 1.82) is 0 Å². The van der Waals surface area contributed by atoms with E-state index >= 15 is 0 Å². The van der Waals surface area contributed by atoms with Crippen LogP contribution in [-0.4, -0.2) is 22.9 Å². The molecule has 0 atom stereocenters. The number of aromatic nitrogens is 2. The van der Waals surface area contributed by atoms with Crippen LogP contribution in [0.4, 0.5) is 17.1 Å². The summed E-state index contributed by atoms with van der Waals surface area (Å²) in [6.45, 7) is 0.327. The van der Waals surface area contributed by atoms with Crippen LogP contribution in [0.25, 0.3) is 10.8 Å². The Hall–Kier alpha value is -3.89. The fourth-order valence-corrected chi connectivity index (χ4v) is 3.63. The molecule has 10 heteroatoms. The lowest BCUT2D eigenvalue weighted by Crippen LogP contribution is -2.01. The first-order valence-corrected chi connectivity index (χ1v) is 10.5. The van der Waals surface area contributed by atoms with Crippen molar-refractivity contribution in [3.8, 4) is 5.88 Å². The lowest BCUT2D eigenvalue weighted by atomic mass is 10.1. The highest BCUT2D eigenvalue weighted by atomic mass is 32.2. The van der Waals surface area contributed by atoms with Crippen molar-refractivity contribution < 1.29 is 17.7 Å². The fraction of sp³-hybridized carbons (Fsp3) is 0.0476. The fourth-order valence-electron chi connectivity index (χ4n) is 2.92. The molecule has 0 unspecified atom stereocenters. The molecule has 2 heterocycles. The highest BCUT2D eigenvalue weighted by Gasteiger charge is 2.18. The molecule has 0 amide bonds. The molecule has 4 rings (SSSR count). The van der Waals surface area contributed by atoms with E-state index in [0.717, 1.165) is 5.56 Å². The van der Waals surface area contributed by atoms with Crippen molar-refractivity contribution in [3.63, 3.8) is 0 Å². The molecule has 3 N–H and O–H groups in total. The van der Waals surface area contributed by atoms with Gasteiger partial charge in [-0.25, -0.2) is 4.98 Å². The van der Waals surface area contributed by atoms with Crippen LogP contribution in [0.2, 0.25) is 0 Å². The Morgan fingerprint density at radius 1 is 1.00 bits per heavy atom. The predicted molar refractivity (Wildman–Crippen MR) is 115 cm³/mol. The standard InChI is InChI=1S/C21H17N5O4S/c22-21-17-6-2-1-5-16(17)19(31(27,28)29)10-18(21)26-25-15-7-8-20(24-12-15)30-13-14-4-3-9-23-11-14/h1-12H,13,22H2,(H,27,28,29)/b26-25+. The minimum atomic E-state index is -4.48. The smallest absolute Gasteiger partial charge is 0.295 e. The summed E-state index contributed by atoms with van der Waals surface area (Å²) in [4.78, 5) is 7.90. The van der Waals surface area contributed by atoms with E-state index in [0.29, 0.717) is 28.9 Å². The van der Waals surface area contributed by atoms with Crippen LogP contribution < -0.4 is 10.5 Å². The molecule has 0 radical (unpaired) electrons. The zero-order valence-corrected chi connectivity index (χ0v) is 16.9. The first kappa shape index (κ1) is 20.4. The molecule has 0 spiro atoms. The summed E-state index contributed by atoms with van der Waals surface area (Å²) in [5, 5.41) is 8.88. The summed E-state index contributed by atoms with van der Waals surface area (Å²) >= 11 is 0. The van der Waals surface area contributed by atoms with Crippen LogP contribution in [0.3, 0.4) is 0 Å². The second kappa shape index (κ2) is 8.46. The zero-order valence-electron chi connectivity index (χ0n) is 16.1. The maximum absolute atomic E-state index is 11.8. The number of hydrogen-bond donors (Lipinski definition) is 2. The van der Waals surface area contributed by atoms with Gasteiger partial charge in [0.05, 0.1) is 11.9 Å². The number of rotatable bonds is 6. The van der Waals surface area contributed by atoms with Gasteiger partial charge in [0.15, 0.2) is 0 Å². The molecule has 2 aromatic heterocycles. The van der Waals surface area contributed by atoms with Gasteiger partial charge in [-0.3, -0.25) is 9.54 Å². The third-order valence-corrected chi connectivity index (χ3v) is 5.30. The van der Waals surface area contributed by atoms with Gasteiger partial charge in [-0.05, 0) is 18.2 Å². The van der Waals surface area contributed by atoms with Gasteiger partial charge in [-0.1, -0.05) is 30.3 Å². The van der Waals surface area contributed by atoms with E-state index in [1.807, 2.05) is 12.1 Å². The van der Waals surface area contributed by atoms with Gasteiger partial charge in [-0.2, -0.15) is 8.42 Å². The first-order chi connectivity index (χ1) is 14.9. The zero-order chi connectivity index (χ0) is 21.8. The van der Waals surface area contributed by atoms with E-state index in [9.17, 15) is 13.0 Å². The van der Waals surface area contributed by atoms with Crippen LogP contribution in [0.15, 0.2) is 88.3 Å². The van der Waals surface area contributed by atoms with Crippen molar-refractivity contribution in [1.82, 2.24) is 9.97 Å². The minimum absolute atomic E-state index is 0.114. The average molecular weight is 435 g/mol. The highest BCUT2D eigenvalue weighted by molar-refractivity contribution is 7.86. The molecular weight excluding hydrogens is 418 g/mol. The molecule has 9 nitrogen and oxygen atoms in total. The average Bonchev–Trinajstić information content (AvgIpc) is 2.78. The van der Waals surface area contributed by atoms with E-state index in [4.69, 9.17) is 10.5 Å². The lowest BCUT2D eigenvalue weighted by molar-refractivity contribution is 0.293. The number of azo groups is 1. The Labute approximate surface area is 178 Å². The van der Waals surface area contributed by atoms with Crippen molar-refractivity contribution in [2.45, 2.75) is 11.5 Å². The number of nitrogen functional groups attached to an aromatic ring is 1. The van der Waals surface area contributed by atoms with Gasteiger partial charge in [0.2, 0.25) is 5.88 Å². The largest absolute Gasteiger partial charge is 0.473 e. The Bertz CT molecular complexity index is 1360. The Morgan fingerprint density at radius 2 is 1.81 bits per heavy atom. The number of benzene rings is 2. The maximum Gasteiger partial charge on any atom is 0.295 e. The summed E-state index contributed by atoms with van der Waals surface area (Å²) in [6.07, 6.45) is 4.85. The van der Waals surface area contributed by atoms with Crippen molar-refractivity contribution >= 4 is 38.0 Å². The number of fused-ring (bicyclic) bond motifs is 1. The number of nitrogens with zero attached hydrogens (tertiary/aromatic N) is 4. The number of ether oxygens (including phenoxy) is 1. The van der Waals surface area contributed by atoms with Crippen molar-refractivity contribution in [2.75, 3.05) is 5.73 Å². The number of hydrogen-bond acceptors (Lipinski definition) is 8. The second-order valence-electron chi connectivity index (χ2n) is 6.53. The molecular formula is C21H17N5O4S. The van der Waals surface area contributed by atoms with Gasteiger partial charge in [-0.15, -0.1) is 10.2 Å². The molecule has 0 aliphatic heterocycles. The minimum Gasteiger partial charge on any atom is -0.473 e. The molecule has 2 aromatic carbocycles. The number of nitrogens with two attached hydrogens (primary N) is 1. The van der Waals surface area contributed by atoms with Crippen LogP contribution in [0.5, 0.6) is 5.88 Å². The van der Waals surface area contributed by atoms with Crippen LogP contribution >= 0.6 is 0 Å². The van der Waals surface area contributed by atoms with Gasteiger partial charge in [0.1, 0.15) is 22.9 Å². The summed E-state index contributed by atoms with van der Waals surface area (Å²) in [5.41, 5.74) is 7.83. The van der Waals surface area contributed by atoms with E-state index in [1.165, 1.54) is 12.3 Å². The normalized spacial score (nSPS) is 11.8. The molecule has 0 aliphatic carbocycles. The summed E-state index contributed by atoms with van der Waals surface area (Å²) < 4.78 is 38.8. The van der Waals surface area contributed by atoms with Gasteiger partial charge < -0.3 is 10.5 Å². The third kappa shape index (κ3) is 4.65. The molecule has 0 bridgehead atoms. The second-order valence-corrected chi connectivity index (χ2v) is 7.92. The summed E-state index contributed by atoms with van der Waals surface area (Å²) in [7, 11) is -4.48. The van der Waals surface area contributed by atoms with Crippen LogP contribution in [0, 0.1) is 0 Å². The Kier molecular flexibility index (Phi) is 5.56. The number of pyridine rings is 2. The molecule has 0 saturated carbocycles. The van der Waals surface area contributed by atoms with Crippen molar-refractivity contribution in [3.05, 3.63) is 78.8 Å². The third-order valence-electron chi connectivity index (χ3n) is 4.41. The van der Waals surface area contributed by atoms with Crippen LogP contribution in [0.1, 0.15) is 5.56 Å². The van der Waals surface area contributed by atoms with E-state index in [2.05, 4.69) is 20.2 Å². The summed E-state index contributed by atoms with van der Waals surface area (Å²) in [6, 6.07) is 14.8. The van der Waals surface area contributed by atoms with E-state index < -0.39 is 10.1 Å². The SMILES string of the molecule is Nc1c(/N=N/c2ccc(OCc3cccnc3)nc2)cc(S(=O)(=O)O)c2ccccc12. The molecule has 0 saturated heterocycles. The molecule has 31 heavy (non-hydrogen) atoms. The van der Waals surface area contributed by atoms with Crippen molar-refractivity contribution in [2.24, 2.45) is 10.2 Å². The molecule has 156 valence electrons. The van der Waals surface area contributed by atoms with Gasteiger partial charge in [0.25, 0.3) is 10.1 Å². The monoisotopic (exact) mass is 435 g/mol. The lowest BCUT2D eigenvalue weighted by Gasteiger charge is -2.09. The van der Waals surface area contributed by atoms with E-state index in [-0.39, 0.29) is 16.3 Å². The summed E-state index contributed by atoms with van der Waals surface area (Å²) in [5.74, 6) is 0.404. The number of anilines is 1. The first-order valence-electron chi connectivity index (χ1n) is 9.10. The molecule has 0 fully saturated rings. The Balaban J connectivity index is 1.58. The predicted octanol–water partition coefficient (Wildman–Crippen LogP) is 4.45. The maximum atomic E-state index is 11.8. The quantitative estimate of drug-likeness (QED) is 0.259. The van der Waals surface area contributed by atoms with Gasteiger partial charge >= 0.3 is 0 Å². The molecule has 0 aliphatic rings. The molecule has 4 aromatic rings. The van der Waals surface area contributed by atoms with Crippen LogP contribution in [-0.2, 0) is 16.7 Å². The Morgan fingerprint density at radius 3 is 2.48 bits per heavy atom. The highest BCUT2D eigenvalue weighted by Crippen LogP contribution is 2.36. The van der Waals surface area contributed by atoms with Gasteiger partial charge in [0, 0.05) is 34.8 Å². The van der Waals surface area contributed by atoms with E-state index in [1.54, 1.807) is 48.8 Å².